The summed E-state index contributed by atoms with van der Waals surface area (Å²) in [6, 6.07) is 0. The van der Waals surface area contributed by atoms with E-state index >= 15 is 0 Å². The predicted molar refractivity (Wildman–Crippen MR) is 230 cm³/mol. The van der Waals surface area contributed by atoms with Gasteiger partial charge in [-0.1, -0.05) is 160 Å². The molecule has 0 bridgehead atoms. The molecule has 0 aromatic carbocycles. The Bertz CT molecular complexity index is 1130. The predicted octanol–water partition coefficient (Wildman–Crippen LogP) is 8.84. The van der Waals surface area contributed by atoms with Crippen molar-refractivity contribution < 1.29 is 63.1 Å². The maximum absolute atomic E-state index is 12.8. The van der Waals surface area contributed by atoms with Gasteiger partial charge in [0.1, 0.15) is 43.2 Å². The number of carbonyl (C=O) groups excluding carboxylic acids is 2. The Balaban J connectivity index is 2.46. The van der Waals surface area contributed by atoms with E-state index in [2.05, 4.69) is 38.2 Å². The van der Waals surface area contributed by atoms with Gasteiger partial charge in [0.25, 0.3) is 0 Å². The zero-order chi connectivity index (χ0) is 43.6. The Labute approximate surface area is 356 Å². The van der Waals surface area contributed by atoms with Gasteiger partial charge in [-0.05, 0) is 44.9 Å². The maximum atomic E-state index is 12.8. The van der Waals surface area contributed by atoms with Crippen LogP contribution in [0.4, 0.5) is 0 Å². The number of carbonyl (C=O) groups is 2. The highest BCUT2D eigenvalue weighted by molar-refractivity contribution is 7.47. The molecule has 0 aromatic rings. The quantitative estimate of drug-likeness (QED) is 0.0149. The van der Waals surface area contributed by atoms with E-state index in [1.807, 2.05) is 0 Å². The standard InChI is InChI=1S/C45H83O13P/c1-3-5-7-9-11-13-15-17-19-21-23-25-27-29-31-33-38(46)55-35-37(36-56-59(53,54)58-45-43(51)41(49)40(48)42(50)44(45)52)57-39(47)34-32-30-28-26-24-22-20-18-16-14-12-10-8-6-4-2/h11,13,17,19,37,40-45,48-52H,3-10,12,14-16,18,20-36H2,1-2H3,(H,53,54)/b13-11-,19-17-/t37-,40?,41-,42?,43?,44?,45?/m1/s1. The topological polar surface area (TPSA) is 210 Å². The van der Waals surface area contributed by atoms with Crippen LogP contribution in [0.1, 0.15) is 194 Å². The minimum atomic E-state index is -5.12. The van der Waals surface area contributed by atoms with Crippen LogP contribution >= 0.6 is 7.82 Å². The molecule has 1 saturated carbocycles. The second-order valence-corrected chi connectivity index (χ2v) is 17.7. The molecule has 8 atom stereocenters. The first-order valence-corrected chi connectivity index (χ1v) is 24.6. The van der Waals surface area contributed by atoms with Crippen molar-refractivity contribution in [1.29, 1.82) is 0 Å². The van der Waals surface area contributed by atoms with E-state index < -0.39 is 75.7 Å². The van der Waals surface area contributed by atoms with Crippen molar-refractivity contribution in [2.45, 2.75) is 236 Å². The number of phosphoric ester groups is 1. The molecule has 0 amide bonds. The summed E-state index contributed by atoms with van der Waals surface area (Å²) in [5, 5.41) is 50.1. The highest BCUT2D eigenvalue weighted by atomic mass is 31.2. The number of aliphatic hydroxyl groups is 5. The van der Waals surface area contributed by atoms with Crippen molar-refractivity contribution in [3.8, 4) is 0 Å². The van der Waals surface area contributed by atoms with E-state index in [4.69, 9.17) is 18.5 Å². The van der Waals surface area contributed by atoms with Gasteiger partial charge >= 0.3 is 19.8 Å². The van der Waals surface area contributed by atoms with Crippen molar-refractivity contribution in [1.82, 2.24) is 0 Å². The third-order valence-corrected chi connectivity index (χ3v) is 11.8. The summed E-state index contributed by atoms with van der Waals surface area (Å²) >= 11 is 0. The van der Waals surface area contributed by atoms with E-state index in [9.17, 15) is 44.6 Å². The molecule has 0 radical (unpaired) electrons. The average Bonchev–Trinajstić information content (AvgIpc) is 3.21. The van der Waals surface area contributed by atoms with Crippen LogP contribution in [-0.4, -0.2) is 98.3 Å². The average molecular weight is 863 g/mol. The lowest BCUT2D eigenvalue weighted by molar-refractivity contribution is -0.220. The number of allylic oxidation sites excluding steroid dienone is 4. The van der Waals surface area contributed by atoms with Crippen LogP contribution < -0.4 is 0 Å². The molecule has 0 aliphatic heterocycles. The molecule has 1 aliphatic carbocycles. The molecule has 6 unspecified atom stereocenters. The van der Waals surface area contributed by atoms with Gasteiger partial charge in [0, 0.05) is 12.8 Å². The third-order valence-electron chi connectivity index (χ3n) is 10.8. The van der Waals surface area contributed by atoms with Crippen LogP contribution in [-0.2, 0) is 32.7 Å². The lowest BCUT2D eigenvalue weighted by atomic mass is 9.85. The number of esters is 2. The number of aliphatic hydroxyl groups excluding tert-OH is 5. The summed E-state index contributed by atoms with van der Waals surface area (Å²) in [6.45, 7) is 3.27. The smallest absolute Gasteiger partial charge is 0.462 e. The highest BCUT2D eigenvalue weighted by Gasteiger charge is 2.51. The maximum Gasteiger partial charge on any atom is 0.472 e. The zero-order valence-corrected chi connectivity index (χ0v) is 37.4. The van der Waals surface area contributed by atoms with Crippen LogP contribution in [0.3, 0.4) is 0 Å². The number of rotatable bonds is 38. The summed E-state index contributed by atoms with van der Waals surface area (Å²) < 4.78 is 33.5. The van der Waals surface area contributed by atoms with Gasteiger partial charge in [-0.3, -0.25) is 18.6 Å². The van der Waals surface area contributed by atoms with Crippen LogP contribution in [0.2, 0.25) is 0 Å². The Kier molecular flexibility index (Phi) is 33.7. The zero-order valence-electron chi connectivity index (χ0n) is 36.6. The van der Waals surface area contributed by atoms with Crippen LogP contribution in [0, 0.1) is 0 Å². The minimum absolute atomic E-state index is 0.0977. The normalized spacial score (nSPS) is 22.5. The van der Waals surface area contributed by atoms with Crippen LogP contribution in [0.25, 0.3) is 0 Å². The van der Waals surface area contributed by atoms with Crippen molar-refractivity contribution in [3.63, 3.8) is 0 Å². The minimum Gasteiger partial charge on any atom is -0.462 e. The number of ether oxygens (including phenoxy) is 2. The molecule has 6 N–H and O–H groups in total. The lowest BCUT2D eigenvalue weighted by Crippen LogP contribution is -2.64. The van der Waals surface area contributed by atoms with Crippen molar-refractivity contribution in [2.24, 2.45) is 0 Å². The largest absolute Gasteiger partial charge is 0.472 e. The second kappa shape index (κ2) is 35.9. The molecule has 14 heteroatoms. The van der Waals surface area contributed by atoms with E-state index in [0.717, 1.165) is 70.6 Å². The SMILES string of the molecule is CCCCC/C=C\C/C=C\CCCCCCCC(=O)OC[C@H](COP(=O)(O)OC1C(O)C(O)C(O)[C@@H](O)C1O)OC(=O)CCCCCCCCCCCCCCCCC. The first-order valence-electron chi connectivity index (χ1n) is 23.1. The molecule has 1 rings (SSSR count). The van der Waals surface area contributed by atoms with Gasteiger partial charge in [0.15, 0.2) is 6.10 Å². The van der Waals surface area contributed by atoms with E-state index in [-0.39, 0.29) is 12.8 Å². The van der Waals surface area contributed by atoms with E-state index in [0.29, 0.717) is 12.8 Å². The first kappa shape index (κ1) is 55.3. The molecular weight excluding hydrogens is 779 g/mol. The fourth-order valence-corrected chi connectivity index (χ4v) is 8.00. The van der Waals surface area contributed by atoms with Crippen molar-refractivity contribution in [2.75, 3.05) is 13.2 Å². The van der Waals surface area contributed by atoms with Gasteiger partial charge in [-0.2, -0.15) is 0 Å². The molecule has 0 spiro atoms. The Hall–Kier alpha value is -1.67. The number of hydrogen-bond donors (Lipinski definition) is 6. The lowest BCUT2D eigenvalue weighted by Gasteiger charge is -2.41. The fourth-order valence-electron chi connectivity index (χ4n) is 7.02. The fraction of sp³-hybridized carbons (Fsp3) is 0.867. The Morgan fingerprint density at radius 3 is 1.41 bits per heavy atom. The van der Waals surface area contributed by atoms with Gasteiger partial charge in [-0.25, -0.2) is 4.57 Å². The Morgan fingerprint density at radius 2 is 0.915 bits per heavy atom. The molecular formula is C45H83O13P. The monoisotopic (exact) mass is 863 g/mol. The van der Waals surface area contributed by atoms with Crippen molar-refractivity contribution >= 4 is 19.8 Å². The molecule has 1 fully saturated rings. The summed E-state index contributed by atoms with van der Waals surface area (Å²) in [5.74, 6) is -1.11. The molecule has 59 heavy (non-hydrogen) atoms. The van der Waals surface area contributed by atoms with E-state index in [1.165, 1.54) is 83.5 Å². The molecule has 0 saturated heterocycles. The van der Waals surface area contributed by atoms with Crippen LogP contribution in [0.5, 0.6) is 0 Å². The number of unbranched alkanes of at least 4 members (excludes halogenated alkanes) is 22. The van der Waals surface area contributed by atoms with Crippen molar-refractivity contribution in [3.05, 3.63) is 24.3 Å². The van der Waals surface area contributed by atoms with Crippen LogP contribution in [0.15, 0.2) is 24.3 Å². The first-order chi connectivity index (χ1) is 28.4. The highest BCUT2D eigenvalue weighted by Crippen LogP contribution is 2.47. The van der Waals surface area contributed by atoms with Gasteiger partial charge in [0.05, 0.1) is 6.61 Å². The summed E-state index contributed by atoms with van der Waals surface area (Å²) in [4.78, 5) is 35.7. The molecule has 1 aliphatic rings. The Morgan fingerprint density at radius 1 is 0.525 bits per heavy atom. The molecule has 0 heterocycles. The molecule has 13 nitrogen and oxygen atoms in total. The summed E-state index contributed by atoms with van der Waals surface area (Å²) in [6.07, 6.45) is 25.1. The van der Waals surface area contributed by atoms with Gasteiger partial charge < -0.3 is 39.9 Å². The van der Waals surface area contributed by atoms with Gasteiger partial charge in [-0.15, -0.1) is 0 Å². The number of hydrogen-bond acceptors (Lipinski definition) is 12. The second-order valence-electron chi connectivity index (χ2n) is 16.3. The van der Waals surface area contributed by atoms with E-state index in [1.54, 1.807) is 0 Å². The number of phosphoric acid groups is 1. The third kappa shape index (κ3) is 28.5. The summed E-state index contributed by atoms with van der Waals surface area (Å²) in [5.41, 5.74) is 0. The molecule has 0 aromatic heterocycles. The van der Waals surface area contributed by atoms with Gasteiger partial charge in [0.2, 0.25) is 0 Å². The molecule has 346 valence electrons. The summed E-state index contributed by atoms with van der Waals surface area (Å²) in [7, 11) is -5.12.